The maximum Gasteiger partial charge on any atom is 0.191 e. The fourth-order valence-corrected chi connectivity index (χ4v) is 5.77. The second-order valence-electron chi connectivity index (χ2n) is 6.69. The Morgan fingerprint density at radius 3 is 2.62 bits per heavy atom. The zero-order valence-electron chi connectivity index (χ0n) is 15.0. The predicted molar refractivity (Wildman–Crippen MR) is 102 cm³/mol. The summed E-state index contributed by atoms with van der Waals surface area (Å²) < 4.78 is 25.0. The average Bonchev–Trinajstić information content (AvgIpc) is 3.15. The maximum absolute atomic E-state index is 12.3. The van der Waals surface area contributed by atoms with Crippen molar-refractivity contribution in [1.82, 2.24) is 14.8 Å². The molecule has 140 valence electrons. The first-order valence-electron chi connectivity index (χ1n) is 8.71. The lowest BCUT2D eigenvalue weighted by molar-refractivity contribution is 0.102. The van der Waals surface area contributed by atoms with E-state index in [1.807, 2.05) is 35.9 Å². The lowest BCUT2D eigenvalue weighted by Crippen LogP contribution is -2.11. The first-order chi connectivity index (χ1) is 12.4. The van der Waals surface area contributed by atoms with E-state index in [1.54, 1.807) is 0 Å². The number of aromatic nitrogens is 3. The molecule has 0 unspecified atom stereocenters. The van der Waals surface area contributed by atoms with E-state index < -0.39 is 9.84 Å². The number of carbonyl (C=O) groups is 1. The normalized spacial score (nSPS) is 18.9. The fourth-order valence-electron chi connectivity index (χ4n) is 3.08. The molecular formula is C18H23N3O3S2. The number of nitrogens with zero attached hydrogens (tertiary/aromatic N) is 3. The van der Waals surface area contributed by atoms with Crippen molar-refractivity contribution in [3.05, 3.63) is 41.2 Å². The fraction of sp³-hybridized carbons (Fsp3) is 0.500. The van der Waals surface area contributed by atoms with Gasteiger partial charge in [-0.1, -0.05) is 43.0 Å². The molecule has 1 saturated heterocycles. The van der Waals surface area contributed by atoms with Crippen LogP contribution in [0.5, 0.6) is 0 Å². The van der Waals surface area contributed by atoms with Crippen molar-refractivity contribution in [2.24, 2.45) is 13.0 Å². The molecule has 0 bridgehead atoms. The molecule has 0 amide bonds. The van der Waals surface area contributed by atoms with Crippen LogP contribution in [0, 0.1) is 5.92 Å². The molecule has 2 aromatic rings. The number of rotatable bonds is 7. The summed E-state index contributed by atoms with van der Waals surface area (Å²) >= 11 is 1.36. The number of Topliss-reactive ketones (excluding diaryl/α,β-unsaturated/α-hetero) is 1. The van der Waals surface area contributed by atoms with Crippen molar-refractivity contribution in [1.29, 1.82) is 0 Å². The lowest BCUT2D eigenvalue weighted by atomic mass is 10.1. The number of ketones is 1. The molecule has 1 fully saturated rings. The quantitative estimate of drug-likeness (QED) is 0.530. The van der Waals surface area contributed by atoms with E-state index in [9.17, 15) is 13.2 Å². The van der Waals surface area contributed by atoms with Crippen molar-refractivity contribution in [2.45, 2.75) is 31.3 Å². The highest BCUT2D eigenvalue weighted by atomic mass is 32.2. The predicted octanol–water partition coefficient (Wildman–Crippen LogP) is 2.33. The third kappa shape index (κ3) is 4.54. The minimum Gasteiger partial charge on any atom is -0.309 e. The minimum atomic E-state index is -2.89. The van der Waals surface area contributed by atoms with Crippen LogP contribution in [-0.4, -0.2) is 46.2 Å². The van der Waals surface area contributed by atoms with Crippen LogP contribution in [0.1, 0.15) is 35.1 Å². The Morgan fingerprint density at radius 1 is 1.27 bits per heavy atom. The van der Waals surface area contributed by atoms with Gasteiger partial charge in [-0.15, -0.1) is 10.2 Å². The first-order valence-corrected chi connectivity index (χ1v) is 11.5. The van der Waals surface area contributed by atoms with E-state index >= 15 is 0 Å². The SMILES string of the molecule is CCc1ccc(C(=O)CSc2nnc(C[C@H]3CCS(=O)(=O)C3)n2C)cc1. The highest BCUT2D eigenvalue weighted by molar-refractivity contribution is 7.99. The Hall–Kier alpha value is -1.67. The van der Waals surface area contributed by atoms with E-state index in [0.29, 0.717) is 29.3 Å². The summed E-state index contributed by atoms with van der Waals surface area (Å²) in [6, 6.07) is 7.69. The number of thioether (sulfide) groups is 1. The summed E-state index contributed by atoms with van der Waals surface area (Å²) in [5.41, 5.74) is 1.91. The van der Waals surface area contributed by atoms with Gasteiger partial charge in [-0.25, -0.2) is 8.42 Å². The summed E-state index contributed by atoms with van der Waals surface area (Å²) in [6.07, 6.45) is 2.24. The molecule has 1 aliphatic rings. The number of hydrogen-bond acceptors (Lipinski definition) is 6. The van der Waals surface area contributed by atoms with Crippen LogP contribution in [0.3, 0.4) is 0 Å². The average molecular weight is 394 g/mol. The largest absolute Gasteiger partial charge is 0.309 e. The molecule has 1 aliphatic heterocycles. The van der Waals surface area contributed by atoms with E-state index in [0.717, 1.165) is 12.2 Å². The van der Waals surface area contributed by atoms with Crippen LogP contribution in [-0.2, 0) is 29.7 Å². The molecule has 1 atom stereocenters. The van der Waals surface area contributed by atoms with Gasteiger partial charge in [-0.2, -0.15) is 0 Å². The Balaban J connectivity index is 1.58. The smallest absolute Gasteiger partial charge is 0.191 e. The molecule has 8 heteroatoms. The molecule has 2 heterocycles. The molecule has 26 heavy (non-hydrogen) atoms. The number of aryl methyl sites for hydroxylation is 1. The van der Waals surface area contributed by atoms with Crippen molar-refractivity contribution in [3.63, 3.8) is 0 Å². The van der Waals surface area contributed by atoms with Crippen molar-refractivity contribution in [2.75, 3.05) is 17.3 Å². The van der Waals surface area contributed by atoms with Gasteiger partial charge in [0.05, 0.1) is 17.3 Å². The summed E-state index contributed by atoms with van der Waals surface area (Å²) in [5, 5.41) is 9.03. The third-order valence-corrected chi connectivity index (χ3v) is 7.60. The van der Waals surface area contributed by atoms with Gasteiger partial charge in [0.2, 0.25) is 0 Å². The van der Waals surface area contributed by atoms with E-state index in [2.05, 4.69) is 17.1 Å². The summed E-state index contributed by atoms with van der Waals surface area (Å²) in [4.78, 5) is 12.3. The second kappa shape index (κ2) is 7.92. The number of carbonyl (C=O) groups excluding carboxylic acids is 1. The van der Waals surface area contributed by atoms with Gasteiger partial charge in [0.15, 0.2) is 20.8 Å². The van der Waals surface area contributed by atoms with Crippen LogP contribution < -0.4 is 0 Å². The van der Waals surface area contributed by atoms with Crippen LogP contribution >= 0.6 is 11.8 Å². The second-order valence-corrected chi connectivity index (χ2v) is 9.86. The summed E-state index contributed by atoms with van der Waals surface area (Å²) in [5.74, 6) is 1.74. The highest BCUT2D eigenvalue weighted by Crippen LogP contribution is 2.24. The lowest BCUT2D eigenvalue weighted by Gasteiger charge is -2.07. The van der Waals surface area contributed by atoms with Gasteiger partial charge in [0.1, 0.15) is 5.82 Å². The zero-order valence-corrected chi connectivity index (χ0v) is 16.6. The highest BCUT2D eigenvalue weighted by Gasteiger charge is 2.29. The molecule has 0 radical (unpaired) electrons. The Bertz CT molecular complexity index is 889. The van der Waals surface area contributed by atoms with Crippen LogP contribution in [0.25, 0.3) is 0 Å². The van der Waals surface area contributed by atoms with Crippen LogP contribution in [0.15, 0.2) is 29.4 Å². The molecule has 0 N–H and O–H groups in total. The molecule has 1 aromatic carbocycles. The summed E-state index contributed by atoms with van der Waals surface area (Å²) in [7, 11) is -1.02. The van der Waals surface area contributed by atoms with Gasteiger partial charge in [0, 0.05) is 19.0 Å². The van der Waals surface area contributed by atoms with Gasteiger partial charge in [0.25, 0.3) is 0 Å². The van der Waals surface area contributed by atoms with E-state index in [4.69, 9.17) is 0 Å². The third-order valence-electron chi connectivity index (χ3n) is 4.74. The first kappa shape index (κ1) is 19.1. The molecule has 6 nitrogen and oxygen atoms in total. The topological polar surface area (TPSA) is 81.9 Å². The molecule has 0 aliphatic carbocycles. The molecule has 0 spiro atoms. The minimum absolute atomic E-state index is 0.0593. The molecule has 0 saturated carbocycles. The number of sulfone groups is 1. The van der Waals surface area contributed by atoms with Gasteiger partial charge < -0.3 is 4.57 Å². The number of hydrogen-bond donors (Lipinski definition) is 0. The Morgan fingerprint density at radius 2 is 2.00 bits per heavy atom. The standard InChI is InChI=1S/C18H23N3O3S2/c1-3-13-4-6-15(7-5-13)16(22)11-25-18-20-19-17(21(18)2)10-14-8-9-26(23,24)12-14/h4-7,14H,3,8-12H2,1-2H3/t14-/m1/s1. The molecule has 3 rings (SSSR count). The molecule has 1 aromatic heterocycles. The zero-order chi connectivity index (χ0) is 18.7. The van der Waals surface area contributed by atoms with Crippen molar-refractivity contribution < 1.29 is 13.2 Å². The van der Waals surface area contributed by atoms with Crippen LogP contribution in [0.2, 0.25) is 0 Å². The van der Waals surface area contributed by atoms with Gasteiger partial charge in [-0.05, 0) is 24.3 Å². The van der Waals surface area contributed by atoms with E-state index in [-0.39, 0.29) is 23.2 Å². The number of benzene rings is 1. The maximum atomic E-state index is 12.3. The monoisotopic (exact) mass is 393 g/mol. The van der Waals surface area contributed by atoms with Gasteiger partial charge >= 0.3 is 0 Å². The Kier molecular flexibility index (Phi) is 5.82. The van der Waals surface area contributed by atoms with Gasteiger partial charge in [-0.3, -0.25) is 4.79 Å². The molecular weight excluding hydrogens is 370 g/mol. The Labute approximate surface area is 158 Å². The van der Waals surface area contributed by atoms with E-state index in [1.165, 1.54) is 17.3 Å². The van der Waals surface area contributed by atoms with Crippen LogP contribution in [0.4, 0.5) is 0 Å². The van der Waals surface area contributed by atoms with Crippen molar-refractivity contribution >= 4 is 27.4 Å². The van der Waals surface area contributed by atoms with Crippen molar-refractivity contribution in [3.8, 4) is 0 Å². The summed E-state index contributed by atoms with van der Waals surface area (Å²) in [6.45, 7) is 2.08.